The van der Waals surface area contributed by atoms with Crippen molar-refractivity contribution in [1.82, 2.24) is 25.0 Å². The fraction of sp³-hybridized carbons (Fsp3) is 0.333. The highest BCUT2D eigenvalue weighted by Gasteiger charge is 2.03. The van der Waals surface area contributed by atoms with Crippen LogP contribution in [0, 0.1) is 6.92 Å². The molecular formula is C15H18N6S. The summed E-state index contributed by atoms with van der Waals surface area (Å²) in [5.74, 6) is 1.48. The van der Waals surface area contributed by atoms with Gasteiger partial charge in [0.25, 0.3) is 0 Å². The van der Waals surface area contributed by atoms with E-state index in [1.807, 2.05) is 37.5 Å². The lowest BCUT2D eigenvalue weighted by molar-refractivity contribution is 0.803. The molecule has 0 bridgehead atoms. The van der Waals surface area contributed by atoms with Gasteiger partial charge in [0.05, 0.1) is 10.7 Å². The average molecular weight is 314 g/mol. The zero-order valence-corrected chi connectivity index (χ0v) is 13.5. The molecule has 1 N–H and O–H groups in total. The minimum absolute atomic E-state index is 0.714. The molecule has 0 aliphatic rings. The number of hydrogen-bond donors (Lipinski definition) is 1. The molecule has 0 aliphatic carbocycles. The Morgan fingerprint density at radius 3 is 2.77 bits per heavy atom. The van der Waals surface area contributed by atoms with Crippen LogP contribution >= 0.6 is 11.3 Å². The van der Waals surface area contributed by atoms with E-state index in [1.54, 1.807) is 16.0 Å². The van der Waals surface area contributed by atoms with Crippen molar-refractivity contribution in [2.75, 3.05) is 11.9 Å². The molecule has 7 heteroatoms. The molecule has 0 saturated carbocycles. The van der Waals surface area contributed by atoms with E-state index in [2.05, 4.69) is 32.5 Å². The van der Waals surface area contributed by atoms with Crippen LogP contribution in [0.2, 0.25) is 0 Å². The standard InChI is InChI=1S/C15H18N6S/c1-3-12-10-17-15(22-12)6-8-16-13-4-5-14(19-18-13)21-9-7-11(2)20-21/h4-5,7,9-10H,3,6,8H2,1-2H3,(H,16,18). The van der Waals surface area contributed by atoms with Crippen LogP contribution in [0.1, 0.15) is 22.5 Å². The zero-order valence-electron chi connectivity index (χ0n) is 12.7. The highest BCUT2D eigenvalue weighted by atomic mass is 32.1. The second-order valence-electron chi connectivity index (χ2n) is 4.93. The number of rotatable bonds is 6. The Kier molecular flexibility index (Phi) is 4.43. The van der Waals surface area contributed by atoms with Gasteiger partial charge in [0.15, 0.2) is 5.82 Å². The van der Waals surface area contributed by atoms with Crippen LogP contribution in [0.3, 0.4) is 0 Å². The molecular weight excluding hydrogens is 296 g/mol. The molecule has 0 saturated heterocycles. The molecule has 3 heterocycles. The Morgan fingerprint density at radius 2 is 2.14 bits per heavy atom. The average Bonchev–Trinajstić information content (AvgIpc) is 3.17. The Bertz CT molecular complexity index is 731. The van der Waals surface area contributed by atoms with Crippen molar-refractivity contribution in [1.29, 1.82) is 0 Å². The first-order chi connectivity index (χ1) is 10.7. The Labute approximate surface area is 133 Å². The van der Waals surface area contributed by atoms with E-state index in [0.717, 1.165) is 35.9 Å². The van der Waals surface area contributed by atoms with E-state index in [1.165, 1.54) is 4.88 Å². The maximum atomic E-state index is 4.41. The fourth-order valence-corrected chi connectivity index (χ4v) is 2.87. The van der Waals surface area contributed by atoms with Gasteiger partial charge in [0, 0.05) is 30.2 Å². The van der Waals surface area contributed by atoms with Crippen molar-refractivity contribution >= 4 is 17.2 Å². The van der Waals surface area contributed by atoms with Gasteiger partial charge in [-0.05, 0) is 31.5 Å². The van der Waals surface area contributed by atoms with Crippen LogP contribution in [0.4, 0.5) is 5.82 Å². The number of nitrogens with one attached hydrogen (secondary N) is 1. The van der Waals surface area contributed by atoms with Crippen LogP contribution in [-0.4, -0.2) is 31.5 Å². The third-order valence-corrected chi connectivity index (χ3v) is 4.40. The van der Waals surface area contributed by atoms with Gasteiger partial charge in [-0.1, -0.05) is 6.92 Å². The normalized spacial score (nSPS) is 10.8. The summed E-state index contributed by atoms with van der Waals surface area (Å²) in [5.41, 5.74) is 0.957. The number of aromatic nitrogens is 5. The largest absolute Gasteiger partial charge is 0.368 e. The molecule has 0 aliphatic heterocycles. The van der Waals surface area contributed by atoms with Crippen molar-refractivity contribution in [3.05, 3.63) is 46.2 Å². The van der Waals surface area contributed by atoms with Crippen LogP contribution in [0.5, 0.6) is 0 Å². The highest BCUT2D eigenvalue weighted by molar-refractivity contribution is 7.11. The van der Waals surface area contributed by atoms with Gasteiger partial charge in [0.1, 0.15) is 5.82 Å². The fourth-order valence-electron chi connectivity index (χ4n) is 2.01. The number of anilines is 1. The van der Waals surface area contributed by atoms with E-state index in [0.29, 0.717) is 5.82 Å². The Balaban J connectivity index is 1.55. The lowest BCUT2D eigenvalue weighted by Gasteiger charge is -2.04. The Morgan fingerprint density at radius 1 is 1.23 bits per heavy atom. The summed E-state index contributed by atoms with van der Waals surface area (Å²) in [4.78, 5) is 5.73. The quantitative estimate of drug-likeness (QED) is 0.757. The molecule has 6 nitrogen and oxygen atoms in total. The molecule has 0 aromatic carbocycles. The first-order valence-corrected chi connectivity index (χ1v) is 8.10. The minimum atomic E-state index is 0.714. The predicted octanol–water partition coefficient (Wildman–Crippen LogP) is 2.64. The van der Waals surface area contributed by atoms with Gasteiger partial charge in [-0.3, -0.25) is 0 Å². The second-order valence-corrected chi connectivity index (χ2v) is 6.13. The molecule has 0 unspecified atom stereocenters. The summed E-state index contributed by atoms with van der Waals surface area (Å²) in [6.07, 6.45) is 5.78. The highest BCUT2D eigenvalue weighted by Crippen LogP contribution is 2.14. The van der Waals surface area contributed by atoms with Crippen molar-refractivity contribution in [3.8, 4) is 5.82 Å². The molecule has 0 amide bonds. The summed E-state index contributed by atoms with van der Waals surface area (Å²) < 4.78 is 1.72. The van der Waals surface area contributed by atoms with Gasteiger partial charge >= 0.3 is 0 Å². The second kappa shape index (κ2) is 6.65. The van der Waals surface area contributed by atoms with E-state index in [4.69, 9.17) is 0 Å². The lowest BCUT2D eigenvalue weighted by atomic mass is 10.4. The maximum absolute atomic E-state index is 4.41. The molecule has 0 fully saturated rings. The molecule has 22 heavy (non-hydrogen) atoms. The smallest absolute Gasteiger partial charge is 0.175 e. The SMILES string of the molecule is CCc1cnc(CCNc2ccc(-n3ccc(C)n3)nn2)s1. The summed E-state index contributed by atoms with van der Waals surface area (Å²) in [6, 6.07) is 5.76. The molecule has 0 atom stereocenters. The summed E-state index contributed by atoms with van der Waals surface area (Å²) >= 11 is 1.77. The minimum Gasteiger partial charge on any atom is -0.368 e. The third kappa shape index (κ3) is 3.48. The van der Waals surface area contributed by atoms with Crippen molar-refractivity contribution < 1.29 is 0 Å². The van der Waals surface area contributed by atoms with Gasteiger partial charge in [-0.2, -0.15) is 5.10 Å². The predicted molar refractivity (Wildman–Crippen MR) is 87.6 cm³/mol. The van der Waals surface area contributed by atoms with Crippen LogP contribution < -0.4 is 5.32 Å². The zero-order chi connectivity index (χ0) is 15.4. The molecule has 3 aromatic rings. The van der Waals surface area contributed by atoms with E-state index < -0.39 is 0 Å². The Hall–Kier alpha value is -2.28. The number of aryl methyl sites for hydroxylation is 2. The van der Waals surface area contributed by atoms with E-state index in [-0.39, 0.29) is 0 Å². The molecule has 0 spiro atoms. The first-order valence-electron chi connectivity index (χ1n) is 7.28. The number of hydrogen-bond acceptors (Lipinski definition) is 6. The lowest BCUT2D eigenvalue weighted by Crippen LogP contribution is -2.08. The molecule has 114 valence electrons. The van der Waals surface area contributed by atoms with Gasteiger partial charge in [-0.25, -0.2) is 9.67 Å². The van der Waals surface area contributed by atoms with Crippen molar-refractivity contribution in [2.24, 2.45) is 0 Å². The maximum Gasteiger partial charge on any atom is 0.175 e. The van der Waals surface area contributed by atoms with Gasteiger partial charge in [0.2, 0.25) is 0 Å². The van der Waals surface area contributed by atoms with Crippen molar-refractivity contribution in [2.45, 2.75) is 26.7 Å². The summed E-state index contributed by atoms with van der Waals surface area (Å²) in [7, 11) is 0. The third-order valence-electron chi connectivity index (χ3n) is 3.20. The monoisotopic (exact) mass is 314 g/mol. The topological polar surface area (TPSA) is 68.5 Å². The van der Waals surface area contributed by atoms with Crippen LogP contribution in [-0.2, 0) is 12.8 Å². The number of nitrogens with zero attached hydrogens (tertiary/aromatic N) is 5. The van der Waals surface area contributed by atoms with Crippen molar-refractivity contribution in [3.63, 3.8) is 0 Å². The van der Waals surface area contributed by atoms with E-state index >= 15 is 0 Å². The molecule has 3 aromatic heterocycles. The number of thiazole rings is 1. The summed E-state index contributed by atoms with van der Waals surface area (Å²) in [5, 5.41) is 17.1. The summed E-state index contributed by atoms with van der Waals surface area (Å²) in [6.45, 7) is 4.89. The first kappa shape index (κ1) is 14.6. The van der Waals surface area contributed by atoms with Gasteiger partial charge < -0.3 is 5.32 Å². The van der Waals surface area contributed by atoms with Gasteiger partial charge in [-0.15, -0.1) is 21.5 Å². The van der Waals surface area contributed by atoms with Crippen LogP contribution in [0.15, 0.2) is 30.6 Å². The molecule has 0 radical (unpaired) electrons. The van der Waals surface area contributed by atoms with E-state index in [9.17, 15) is 0 Å². The van der Waals surface area contributed by atoms with Crippen LogP contribution in [0.25, 0.3) is 5.82 Å². The molecule has 3 rings (SSSR count).